The maximum absolute atomic E-state index is 12.8. The van der Waals surface area contributed by atoms with Crippen LogP contribution in [-0.2, 0) is 10.0 Å². The minimum Gasteiger partial charge on any atom is -0.288 e. The summed E-state index contributed by atoms with van der Waals surface area (Å²) in [6, 6.07) is 0. The first kappa shape index (κ1) is 21.7. The van der Waals surface area contributed by atoms with Crippen LogP contribution in [0, 0.1) is 0 Å². The SMILES string of the molecule is C=C/C=C(NS(=O)(=O)C(/C=C\C)=C/C=C)\C(=C/C=C)C(=O)c1cncnc1. The van der Waals surface area contributed by atoms with Gasteiger partial charge in [0.25, 0.3) is 10.0 Å². The lowest BCUT2D eigenvalue weighted by Gasteiger charge is -2.14. The molecule has 0 saturated heterocycles. The maximum atomic E-state index is 12.8. The molecule has 0 aliphatic carbocycles. The molecule has 0 unspecified atom stereocenters. The molecule has 0 radical (unpaired) electrons. The van der Waals surface area contributed by atoms with E-state index in [1.807, 2.05) is 0 Å². The summed E-state index contributed by atoms with van der Waals surface area (Å²) in [5.41, 5.74) is 0.315. The van der Waals surface area contributed by atoms with Crippen molar-refractivity contribution < 1.29 is 13.2 Å². The quantitative estimate of drug-likeness (QED) is 0.380. The maximum Gasteiger partial charge on any atom is 0.261 e. The smallest absolute Gasteiger partial charge is 0.261 e. The van der Waals surface area contributed by atoms with Crippen LogP contribution in [0.2, 0.25) is 0 Å². The minimum atomic E-state index is -3.97. The Labute approximate surface area is 159 Å². The topological polar surface area (TPSA) is 89.0 Å². The zero-order valence-electron chi connectivity index (χ0n) is 15.0. The molecule has 0 spiro atoms. The Morgan fingerprint density at radius 3 is 2.15 bits per heavy atom. The van der Waals surface area contributed by atoms with Crippen LogP contribution in [0.1, 0.15) is 17.3 Å². The van der Waals surface area contributed by atoms with Crippen molar-refractivity contribution in [2.45, 2.75) is 6.92 Å². The second-order valence-electron chi connectivity index (χ2n) is 5.00. The van der Waals surface area contributed by atoms with Gasteiger partial charge in [-0.05, 0) is 31.2 Å². The van der Waals surface area contributed by atoms with Crippen molar-refractivity contribution in [1.82, 2.24) is 14.7 Å². The van der Waals surface area contributed by atoms with Gasteiger partial charge < -0.3 is 0 Å². The van der Waals surface area contributed by atoms with Crippen molar-refractivity contribution in [2.24, 2.45) is 0 Å². The van der Waals surface area contributed by atoms with Crippen LogP contribution in [0.15, 0.2) is 103 Å². The van der Waals surface area contributed by atoms with Crippen molar-refractivity contribution >= 4 is 15.8 Å². The van der Waals surface area contributed by atoms with Gasteiger partial charge in [-0.15, -0.1) is 0 Å². The van der Waals surface area contributed by atoms with Crippen molar-refractivity contribution in [1.29, 1.82) is 0 Å². The van der Waals surface area contributed by atoms with Gasteiger partial charge in [-0.1, -0.05) is 44.0 Å². The highest BCUT2D eigenvalue weighted by molar-refractivity contribution is 7.93. The van der Waals surface area contributed by atoms with Gasteiger partial charge in [-0.2, -0.15) is 0 Å². The molecule has 27 heavy (non-hydrogen) atoms. The molecule has 7 heteroatoms. The molecule has 1 aromatic heterocycles. The van der Waals surface area contributed by atoms with Crippen LogP contribution < -0.4 is 4.72 Å². The van der Waals surface area contributed by atoms with E-state index in [1.54, 1.807) is 13.0 Å². The van der Waals surface area contributed by atoms with Crippen LogP contribution in [0.3, 0.4) is 0 Å². The molecule has 0 fully saturated rings. The number of allylic oxidation sites excluding steroid dienone is 9. The lowest BCUT2D eigenvalue weighted by Crippen LogP contribution is -2.27. The van der Waals surface area contributed by atoms with E-state index < -0.39 is 15.8 Å². The highest BCUT2D eigenvalue weighted by atomic mass is 32.2. The molecule has 140 valence electrons. The fourth-order valence-electron chi connectivity index (χ4n) is 1.99. The van der Waals surface area contributed by atoms with E-state index in [-0.39, 0.29) is 21.7 Å². The molecule has 0 aromatic carbocycles. The third-order valence-electron chi connectivity index (χ3n) is 3.09. The first-order valence-electron chi connectivity index (χ1n) is 7.85. The lowest BCUT2D eigenvalue weighted by atomic mass is 10.0. The number of carbonyl (C=O) groups is 1. The number of sulfonamides is 1. The van der Waals surface area contributed by atoms with Gasteiger partial charge in [0.15, 0.2) is 5.78 Å². The van der Waals surface area contributed by atoms with Gasteiger partial charge in [-0.3, -0.25) is 9.52 Å². The van der Waals surface area contributed by atoms with E-state index in [9.17, 15) is 13.2 Å². The molecule has 0 amide bonds. The zero-order valence-corrected chi connectivity index (χ0v) is 15.8. The van der Waals surface area contributed by atoms with Gasteiger partial charge in [-0.25, -0.2) is 18.4 Å². The Morgan fingerprint density at radius 2 is 1.63 bits per heavy atom. The first-order chi connectivity index (χ1) is 12.9. The second-order valence-corrected chi connectivity index (χ2v) is 6.68. The fourth-order valence-corrected chi connectivity index (χ4v) is 3.17. The van der Waals surface area contributed by atoms with Crippen LogP contribution >= 0.6 is 0 Å². The summed E-state index contributed by atoms with van der Waals surface area (Å²) < 4.78 is 27.9. The Morgan fingerprint density at radius 1 is 1.04 bits per heavy atom. The summed E-state index contributed by atoms with van der Waals surface area (Å²) in [6.45, 7) is 12.4. The Bertz CT molecular complexity index is 938. The third kappa shape index (κ3) is 6.16. The van der Waals surface area contributed by atoms with E-state index in [2.05, 4.69) is 34.4 Å². The number of aromatic nitrogens is 2. The minimum absolute atomic E-state index is 0.0107. The van der Waals surface area contributed by atoms with E-state index in [4.69, 9.17) is 0 Å². The summed E-state index contributed by atoms with van der Waals surface area (Å²) in [5, 5.41) is 0. The van der Waals surface area contributed by atoms with Crippen molar-refractivity contribution in [3.05, 3.63) is 109 Å². The zero-order chi connectivity index (χ0) is 20.3. The second kappa shape index (κ2) is 10.6. The highest BCUT2D eigenvalue weighted by Gasteiger charge is 2.22. The summed E-state index contributed by atoms with van der Waals surface area (Å²) in [7, 11) is -3.97. The number of hydrogen-bond donors (Lipinski definition) is 1. The average molecular weight is 383 g/mol. The average Bonchev–Trinajstić information content (AvgIpc) is 2.65. The van der Waals surface area contributed by atoms with Crippen LogP contribution in [-0.4, -0.2) is 24.2 Å². The third-order valence-corrected chi connectivity index (χ3v) is 4.48. The van der Waals surface area contributed by atoms with E-state index in [0.717, 1.165) is 0 Å². The number of nitrogens with one attached hydrogen (secondary N) is 1. The molecule has 0 aliphatic rings. The van der Waals surface area contributed by atoms with Gasteiger partial charge in [0.1, 0.15) is 6.33 Å². The van der Waals surface area contributed by atoms with Crippen molar-refractivity contribution in [3.8, 4) is 0 Å². The number of carbonyl (C=O) groups excluding carboxylic acids is 1. The Kier molecular flexibility index (Phi) is 8.55. The van der Waals surface area contributed by atoms with Crippen LogP contribution in [0.25, 0.3) is 0 Å². The van der Waals surface area contributed by atoms with Crippen molar-refractivity contribution in [3.63, 3.8) is 0 Å². The molecular formula is C20H21N3O3S. The van der Waals surface area contributed by atoms with Crippen molar-refractivity contribution in [2.75, 3.05) is 0 Å². The molecule has 1 heterocycles. The molecule has 1 aromatic rings. The molecule has 0 bridgehead atoms. The molecule has 1 N–H and O–H groups in total. The number of hydrogen-bond acceptors (Lipinski definition) is 5. The molecule has 6 nitrogen and oxygen atoms in total. The van der Waals surface area contributed by atoms with E-state index in [0.29, 0.717) is 0 Å². The predicted octanol–water partition coefficient (Wildman–Crippen LogP) is 3.41. The fraction of sp³-hybridized carbons (Fsp3) is 0.0500. The number of Topliss-reactive ketones (excluding diaryl/α,β-unsaturated/α-hetero) is 1. The molecular weight excluding hydrogens is 362 g/mol. The summed E-state index contributed by atoms with van der Waals surface area (Å²) in [5.74, 6) is -0.466. The Balaban J connectivity index is 3.42. The van der Waals surface area contributed by atoms with E-state index >= 15 is 0 Å². The lowest BCUT2D eigenvalue weighted by molar-refractivity contribution is 0.103. The number of nitrogens with zero attached hydrogens (tertiary/aromatic N) is 2. The molecule has 0 aliphatic heterocycles. The summed E-state index contributed by atoms with van der Waals surface area (Å²) in [4.78, 5) is 20.4. The largest absolute Gasteiger partial charge is 0.288 e. The van der Waals surface area contributed by atoms with Gasteiger partial charge >= 0.3 is 0 Å². The molecule has 0 saturated carbocycles. The standard InChI is InChI=1S/C20H21N3O3S/c1-5-9-17(10-6-2)27(25,26)23-19(12-8-4)18(11-7-3)20(24)16-13-21-15-22-14-16/h5-15,23H,1,3-4H2,2H3/b10-6-,17-9+,18-11+,19-12+. The highest BCUT2D eigenvalue weighted by Crippen LogP contribution is 2.18. The number of rotatable bonds is 10. The van der Waals surface area contributed by atoms with E-state index in [1.165, 1.54) is 61.3 Å². The normalized spacial score (nSPS) is 13.3. The van der Waals surface area contributed by atoms with Crippen LogP contribution in [0.5, 0.6) is 0 Å². The Hall–Kier alpha value is -3.32. The molecule has 1 rings (SSSR count). The summed E-state index contributed by atoms with van der Waals surface area (Å²) in [6.07, 6.45) is 15.2. The first-order valence-corrected chi connectivity index (χ1v) is 9.33. The van der Waals surface area contributed by atoms with Crippen LogP contribution in [0.4, 0.5) is 0 Å². The van der Waals surface area contributed by atoms with Gasteiger partial charge in [0.05, 0.1) is 16.2 Å². The molecule has 0 atom stereocenters. The van der Waals surface area contributed by atoms with Gasteiger partial charge in [0, 0.05) is 18.0 Å². The predicted molar refractivity (Wildman–Crippen MR) is 108 cm³/mol. The monoisotopic (exact) mass is 383 g/mol. The summed E-state index contributed by atoms with van der Waals surface area (Å²) >= 11 is 0. The number of ketones is 1. The van der Waals surface area contributed by atoms with Gasteiger partial charge in [0.2, 0.25) is 0 Å².